The molecule has 3 N–H and O–H groups in total. The average molecular weight is 507 g/mol. The Labute approximate surface area is 218 Å². The van der Waals surface area contributed by atoms with E-state index in [-0.39, 0.29) is 11.3 Å². The lowest BCUT2D eigenvalue weighted by Gasteiger charge is -2.37. The molecule has 1 saturated carbocycles. The third kappa shape index (κ3) is 4.87. The van der Waals surface area contributed by atoms with Gasteiger partial charge in [0.05, 0.1) is 10.9 Å². The molecule has 7 nitrogen and oxygen atoms in total. The van der Waals surface area contributed by atoms with Gasteiger partial charge < -0.3 is 20.9 Å². The zero-order chi connectivity index (χ0) is 25.1. The molecule has 2 aromatic carbocycles. The summed E-state index contributed by atoms with van der Waals surface area (Å²) in [4.78, 5) is 26.4. The Balaban J connectivity index is 1.58. The molecule has 1 saturated heterocycles. The number of carbonyl (C=O) groups excluding carboxylic acids is 1. The van der Waals surface area contributed by atoms with Crippen molar-refractivity contribution in [3.8, 4) is 0 Å². The highest BCUT2D eigenvalue weighted by Gasteiger charge is 2.39. The van der Waals surface area contributed by atoms with Crippen LogP contribution < -0.4 is 16.0 Å². The van der Waals surface area contributed by atoms with Crippen molar-refractivity contribution in [2.75, 3.05) is 49.5 Å². The van der Waals surface area contributed by atoms with Crippen molar-refractivity contribution in [1.29, 1.82) is 0 Å². The van der Waals surface area contributed by atoms with Crippen LogP contribution in [-0.4, -0.2) is 60.0 Å². The molecule has 1 amide bonds. The van der Waals surface area contributed by atoms with E-state index in [1.165, 1.54) is 12.0 Å². The number of piperazine rings is 1. The number of nitrogens with two attached hydrogens (primary N) is 1. The summed E-state index contributed by atoms with van der Waals surface area (Å²) in [6.45, 7) is 5.93. The summed E-state index contributed by atoms with van der Waals surface area (Å²) in [5.74, 6) is 1.85. The normalized spacial score (nSPS) is 17.9. The summed E-state index contributed by atoms with van der Waals surface area (Å²) < 4.78 is 0. The minimum absolute atomic E-state index is 0.140. The van der Waals surface area contributed by atoms with E-state index in [9.17, 15) is 4.79 Å². The Kier molecular flexibility index (Phi) is 7.30. The molecule has 1 aliphatic heterocycles. The zero-order valence-corrected chi connectivity index (χ0v) is 21.7. The average Bonchev–Trinajstić information content (AvgIpc) is 2.92. The maximum Gasteiger partial charge on any atom is 0.219 e. The van der Waals surface area contributed by atoms with E-state index in [2.05, 4.69) is 40.5 Å². The largest absolute Gasteiger partial charge is 0.368 e. The van der Waals surface area contributed by atoms with Crippen LogP contribution in [0.4, 0.5) is 11.5 Å². The van der Waals surface area contributed by atoms with Gasteiger partial charge in [0.15, 0.2) is 0 Å². The fourth-order valence-electron chi connectivity index (χ4n) is 5.70. The number of anilines is 2. The number of nitrogens with zero attached hydrogens (tertiary/aromatic N) is 4. The van der Waals surface area contributed by atoms with Crippen LogP contribution in [0.2, 0.25) is 5.02 Å². The van der Waals surface area contributed by atoms with Crippen molar-refractivity contribution < 1.29 is 4.79 Å². The van der Waals surface area contributed by atoms with Gasteiger partial charge in [0, 0.05) is 62.3 Å². The van der Waals surface area contributed by atoms with Gasteiger partial charge >= 0.3 is 0 Å². The minimum Gasteiger partial charge on any atom is -0.368 e. The smallest absolute Gasteiger partial charge is 0.219 e. The number of halogens is 1. The lowest BCUT2D eigenvalue weighted by Crippen LogP contribution is -2.48. The summed E-state index contributed by atoms with van der Waals surface area (Å²) in [7, 11) is 0. The molecule has 1 aliphatic carbocycles. The molecule has 1 aromatic heterocycles. The topological polar surface area (TPSA) is 87.4 Å². The fraction of sp³-hybridized carbons (Fsp3) is 0.464. The number of aromatic nitrogens is 2. The SMILES string of the molecule is CC(=O)N1CCN(c2ccc3c(NCCN)nc(C4(c5ccc(Cl)cc5)CCCCC4)nc3c2)CC1. The van der Waals surface area contributed by atoms with Gasteiger partial charge in [-0.05, 0) is 48.7 Å². The highest BCUT2D eigenvalue weighted by Crippen LogP contribution is 2.44. The van der Waals surface area contributed by atoms with Crippen LogP contribution in [-0.2, 0) is 10.2 Å². The van der Waals surface area contributed by atoms with Crippen LogP contribution in [0.25, 0.3) is 10.9 Å². The van der Waals surface area contributed by atoms with Crippen LogP contribution in [0, 0.1) is 0 Å². The van der Waals surface area contributed by atoms with Gasteiger partial charge in [0.2, 0.25) is 5.91 Å². The van der Waals surface area contributed by atoms with Crippen molar-refractivity contribution >= 4 is 39.9 Å². The van der Waals surface area contributed by atoms with E-state index in [0.717, 1.165) is 85.1 Å². The first-order valence-electron chi connectivity index (χ1n) is 13.0. The third-order valence-electron chi connectivity index (χ3n) is 7.74. The highest BCUT2D eigenvalue weighted by atomic mass is 35.5. The van der Waals surface area contributed by atoms with Crippen molar-refractivity contribution in [2.24, 2.45) is 5.73 Å². The van der Waals surface area contributed by atoms with E-state index >= 15 is 0 Å². The van der Waals surface area contributed by atoms with E-state index in [0.29, 0.717) is 13.1 Å². The summed E-state index contributed by atoms with van der Waals surface area (Å²) in [6, 6.07) is 14.6. The second-order valence-corrected chi connectivity index (χ2v) is 10.4. The number of benzene rings is 2. The number of nitrogens with one attached hydrogen (secondary N) is 1. The van der Waals surface area contributed by atoms with E-state index in [4.69, 9.17) is 27.3 Å². The molecule has 0 bridgehead atoms. The summed E-state index contributed by atoms with van der Waals surface area (Å²) in [5.41, 5.74) is 8.89. The van der Waals surface area contributed by atoms with Crippen LogP contribution in [0.15, 0.2) is 42.5 Å². The summed E-state index contributed by atoms with van der Waals surface area (Å²) >= 11 is 6.24. The maximum absolute atomic E-state index is 11.8. The highest BCUT2D eigenvalue weighted by molar-refractivity contribution is 6.30. The Morgan fingerprint density at radius 3 is 2.42 bits per heavy atom. The van der Waals surface area contributed by atoms with Crippen LogP contribution in [0.3, 0.4) is 0 Å². The second kappa shape index (κ2) is 10.6. The Morgan fingerprint density at radius 2 is 1.75 bits per heavy atom. The number of hydrogen-bond donors (Lipinski definition) is 2. The molecular weight excluding hydrogens is 472 g/mol. The van der Waals surface area contributed by atoms with Gasteiger partial charge in [0.1, 0.15) is 11.6 Å². The first-order chi connectivity index (χ1) is 17.5. The number of rotatable bonds is 6. The first-order valence-corrected chi connectivity index (χ1v) is 13.4. The monoisotopic (exact) mass is 506 g/mol. The summed E-state index contributed by atoms with van der Waals surface area (Å²) in [6.07, 6.45) is 5.57. The Morgan fingerprint density at radius 1 is 1.03 bits per heavy atom. The fourth-order valence-corrected chi connectivity index (χ4v) is 5.83. The van der Waals surface area contributed by atoms with Crippen molar-refractivity contribution in [1.82, 2.24) is 14.9 Å². The standard InChI is InChI=1S/C28H35ClN6O/c1-20(36)34-15-17-35(18-16-34)23-9-10-24-25(19-23)32-27(33-26(24)31-14-13-30)28(11-3-2-4-12-28)21-5-7-22(29)8-6-21/h5-10,19H,2-4,11-18,30H2,1H3,(H,31,32,33). The maximum atomic E-state index is 11.8. The van der Waals surface area contributed by atoms with Crippen LogP contribution in [0.1, 0.15) is 50.4 Å². The van der Waals surface area contributed by atoms with E-state index < -0.39 is 0 Å². The molecule has 190 valence electrons. The number of carbonyl (C=O) groups is 1. The number of amides is 1. The van der Waals surface area contributed by atoms with Gasteiger partial charge in [-0.15, -0.1) is 0 Å². The Bertz CT molecular complexity index is 1220. The molecule has 0 radical (unpaired) electrons. The van der Waals surface area contributed by atoms with Gasteiger partial charge in [-0.1, -0.05) is 43.0 Å². The molecule has 0 atom stereocenters. The third-order valence-corrected chi connectivity index (χ3v) is 7.99. The van der Waals surface area contributed by atoms with E-state index in [1.807, 2.05) is 17.0 Å². The predicted molar refractivity (Wildman–Crippen MR) is 147 cm³/mol. The number of hydrogen-bond acceptors (Lipinski definition) is 6. The Hall–Kier alpha value is -2.90. The predicted octanol–water partition coefficient (Wildman–Crippen LogP) is 4.57. The number of fused-ring (bicyclic) bond motifs is 1. The summed E-state index contributed by atoms with van der Waals surface area (Å²) in [5, 5.41) is 5.20. The molecule has 2 aliphatic rings. The van der Waals surface area contributed by atoms with Gasteiger partial charge in [-0.3, -0.25) is 4.79 Å². The van der Waals surface area contributed by atoms with Crippen LogP contribution >= 0.6 is 11.6 Å². The first kappa shape index (κ1) is 24.8. The molecule has 5 rings (SSSR count). The molecule has 3 aromatic rings. The van der Waals surface area contributed by atoms with E-state index in [1.54, 1.807) is 6.92 Å². The lowest BCUT2D eigenvalue weighted by atomic mass is 9.68. The molecular formula is C28H35ClN6O. The van der Waals surface area contributed by atoms with Crippen molar-refractivity contribution in [3.05, 3.63) is 58.9 Å². The van der Waals surface area contributed by atoms with Gasteiger partial charge in [-0.2, -0.15) is 0 Å². The molecule has 2 fully saturated rings. The molecule has 0 unspecified atom stereocenters. The minimum atomic E-state index is -0.237. The lowest BCUT2D eigenvalue weighted by molar-refractivity contribution is -0.129. The van der Waals surface area contributed by atoms with Gasteiger partial charge in [-0.25, -0.2) is 9.97 Å². The van der Waals surface area contributed by atoms with Crippen molar-refractivity contribution in [3.63, 3.8) is 0 Å². The quantitative estimate of drug-likeness (QED) is 0.509. The molecule has 8 heteroatoms. The van der Waals surface area contributed by atoms with Crippen molar-refractivity contribution in [2.45, 2.75) is 44.4 Å². The molecule has 2 heterocycles. The van der Waals surface area contributed by atoms with Crippen LogP contribution in [0.5, 0.6) is 0 Å². The second-order valence-electron chi connectivity index (χ2n) is 9.96. The molecule has 0 spiro atoms. The zero-order valence-electron chi connectivity index (χ0n) is 21.0. The van der Waals surface area contributed by atoms with Gasteiger partial charge in [0.25, 0.3) is 0 Å². The molecule has 36 heavy (non-hydrogen) atoms.